The Morgan fingerprint density at radius 1 is 1.12 bits per heavy atom. The van der Waals surface area contributed by atoms with Crippen LogP contribution in [0.1, 0.15) is 15.2 Å². The number of halogens is 1. The van der Waals surface area contributed by atoms with Crippen molar-refractivity contribution in [2.75, 3.05) is 0 Å². The van der Waals surface area contributed by atoms with Crippen LogP contribution in [0, 0.1) is 5.82 Å². The van der Waals surface area contributed by atoms with Gasteiger partial charge in [-0.15, -0.1) is 11.3 Å². The number of fused-ring (bicyclic) bond motifs is 1. The third-order valence-corrected chi connectivity index (χ3v) is 5.45. The van der Waals surface area contributed by atoms with Crippen LogP contribution in [0.3, 0.4) is 0 Å². The van der Waals surface area contributed by atoms with Gasteiger partial charge in [0.25, 0.3) is 5.91 Å². The fourth-order valence-electron chi connectivity index (χ4n) is 2.19. The van der Waals surface area contributed by atoms with Gasteiger partial charge >= 0.3 is 0 Å². The molecule has 124 valence electrons. The van der Waals surface area contributed by atoms with Crippen molar-refractivity contribution in [1.82, 2.24) is 5.32 Å². The second kappa shape index (κ2) is 6.31. The van der Waals surface area contributed by atoms with E-state index in [-0.39, 0.29) is 23.2 Å². The zero-order valence-electron chi connectivity index (χ0n) is 12.3. The van der Waals surface area contributed by atoms with Gasteiger partial charge in [0, 0.05) is 11.2 Å². The summed E-state index contributed by atoms with van der Waals surface area (Å²) in [6.07, 6.45) is 0. The molecule has 0 bridgehead atoms. The molecule has 0 radical (unpaired) electrons. The van der Waals surface area contributed by atoms with Crippen molar-refractivity contribution in [2.24, 2.45) is 5.14 Å². The number of thiophene rings is 1. The second-order valence-corrected chi connectivity index (χ2v) is 7.81. The Bertz CT molecular complexity index is 1010. The van der Waals surface area contributed by atoms with Gasteiger partial charge in [-0.25, -0.2) is 17.9 Å². The maximum absolute atomic E-state index is 13.2. The van der Waals surface area contributed by atoms with Crippen molar-refractivity contribution in [1.29, 1.82) is 0 Å². The maximum Gasteiger partial charge on any atom is 0.261 e. The highest BCUT2D eigenvalue weighted by atomic mass is 32.2. The number of nitrogens with two attached hydrogens (primary N) is 1. The minimum absolute atomic E-state index is 0.0177. The molecule has 2 aromatic carbocycles. The lowest BCUT2D eigenvalue weighted by molar-refractivity contribution is 0.0955. The fourth-order valence-corrected chi connectivity index (χ4v) is 3.67. The lowest BCUT2D eigenvalue weighted by Crippen LogP contribution is -2.21. The molecule has 0 aliphatic heterocycles. The van der Waals surface area contributed by atoms with Crippen molar-refractivity contribution in [3.63, 3.8) is 0 Å². The summed E-state index contributed by atoms with van der Waals surface area (Å²) in [5.41, 5.74) is 0.739. The molecular formula is C16H13FN2O3S2. The summed E-state index contributed by atoms with van der Waals surface area (Å²) in [6.45, 7) is 0.242. The second-order valence-electron chi connectivity index (χ2n) is 5.16. The number of amides is 1. The molecule has 1 amide bonds. The predicted molar refractivity (Wildman–Crippen MR) is 90.8 cm³/mol. The molecule has 1 aromatic heterocycles. The standard InChI is InChI=1S/C16H13FN2O3S2/c17-12-3-6-14-11(7-12)8-15(23-14)16(20)19-9-10-1-4-13(5-2-10)24(18,21)22/h1-8H,9H2,(H,19,20)(H2,18,21,22). The molecule has 8 heteroatoms. The molecule has 0 spiro atoms. The molecule has 1 heterocycles. The summed E-state index contributed by atoms with van der Waals surface area (Å²) >= 11 is 1.28. The maximum atomic E-state index is 13.2. The van der Waals surface area contributed by atoms with Gasteiger partial charge < -0.3 is 5.32 Å². The average molecular weight is 364 g/mol. The predicted octanol–water partition coefficient (Wildman–Crippen LogP) is 2.62. The van der Waals surface area contributed by atoms with Crippen LogP contribution < -0.4 is 10.5 Å². The monoisotopic (exact) mass is 364 g/mol. The van der Waals surface area contributed by atoms with Gasteiger partial charge in [-0.3, -0.25) is 4.79 Å². The number of nitrogens with one attached hydrogen (secondary N) is 1. The van der Waals surface area contributed by atoms with E-state index < -0.39 is 10.0 Å². The zero-order chi connectivity index (χ0) is 17.3. The van der Waals surface area contributed by atoms with Crippen LogP contribution in [0.15, 0.2) is 53.4 Å². The Labute approximate surface area is 142 Å². The molecule has 0 aliphatic carbocycles. The fraction of sp³-hybridized carbons (Fsp3) is 0.0625. The topological polar surface area (TPSA) is 89.3 Å². The Hall–Kier alpha value is -2.29. The van der Waals surface area contributed by atoms with Crippen LogP contribution in [0.5, 0.6) is 0 Å². The van der Waals surface area contributed by atoms with E-state index in [2.05, 4.69) is 5.32 Å². The van der Waals surface area contributed by atoms with Crippen molar-refractivity contribution in [3.8, 4) is 0 Å². The Balaban J connectivity index is 1.70. The molecule has 0 aliphatic rings. The molecule has 0 saturated heterocycles. The Kier molecular flexibility index (Phi) is 4.35. The molecule has 5 nitrogen and oxygen atoms in total. The molecule has 3 aromatic rings. The number of carbonyl (C=O) groups is 1. The highest BCUT2D eigenvalue weighted by Gasteiger charge is 2.11. The summed E-state index contributed by atoms with van der Waals surface area (Å²) in [7, 11) is -3.73. The third-order valence-electron chi connectivity index (χ3n) is 3.41. The average Bonchev–Trinajstić information content (AvgIpc) is 2.95. The first-order chi connectivity index (χ1) is 11.3. The number of carbonyl (C=O) groups excluding carboxylic acids is 1. The highest BCUT2D eigenvalue weighted by Crippen LogP contribution is 2.26. The van der Waals surface area contributed by atoms with Crippen molar-refractivity contribution in [3.05, 3.63) is 64.8 Å². The number of rotatable bonds is 4. The van der Waals surface area contributed by atoms with E-state index in [1.165, 1.54) is 35.6 Å². The third kappa shape index (κ3) is 3.61. The van der Waals surface area contributed by atoms with Crippen LogP contribution in [0.4, 0.5) is 4.39 Å². The normalized spacial score (nSPS) is 11.6. The minimum atomic E-state index is -3.73. The van der Waals surface area contributed by atoms with E-state index in [9.17, 15) is 17.6 Å². The summed E-state index contributed by atoms with van der Waals surface area (Å²) in [6, 6.07) is 12.0. The van der Waals surface area contributed by atoms with Gasteiger partial charge in [0.05, 0.1) is 9.77 Å². The van der Waals surface area contributed by atoms with E-state index in [4.69, 9.17) is 5.14 Å². The lowest BCUT2D eigenvalue weighted by atomic mass is 10.2. The van der Waals surface area contributed by atoms with Crippen LogP contribution in [-0.2, 0) is 16.6 Å². The number of primary sulfonamides is 1. The molecule has 0 saturated carbocycles. The number of hydrogen-bond acceptors (Lipinski definition) is 4. The largest absolute Gasteiger partial charge is 0.347 e. The summed E-state index contributed by atoms with van der Waals surface area (Å²) < 4.78 is 36.4. The van der Waals surface area contributed by atoms with E-state index in [1.54, 1.807) is 24.3 Å². The lowest BCUT2D eigenvalue weighted by Gasteiger charge is -2.05. The van der Waals surface area contributed by atoms with Crippen molar-refractivity contribution in [2.45, 2.75) is 11.4 Å². The smallest absolute Gasteiger partial charge is 0.261 e. The number of sulfonamides is 1. The van der Waals surface area contributed by atoms with Crippen LogP contribution >= 0.6 is 11.3 Å². The zero-order valence-corrected chi connectivity index (χ0v) is 14.0. The Morgan fingerprint density at radius 2 is 1.83 bits per heavy atom. The first-order valence-electron chi connectivity index (χ1n) is 6.92. The van der Waals surface area contributed by atoms with Gasteiger partial charge in [-0.05, 0) is 47.3 Å². The van der Waals surface area contributed by atoms with E-state index in [0.29, 0.717) is 10.3 Å². The molecule has 0 unspecified atom stereocenters. The number of benzene rings is 2. The first kappa shape index (κ1) is 16.6. The highest BCUT2D eigenvalue weighted by molar-refractivity contribution is 7.89. The summed E-state index contributed by atoms with van der Waals surface area (Å²) in [4.78, 5) is 12.7. The summed E-state index contributed by atoms with van der Waals surface area (Å²) in [5, 5.41) is 8.46. The van der Waals surface area contributed by atoms with Gasteiger partial charge in [0.1, 0.15) is 5.82 Å². The summed E-state index contributed by atoms with van der Waals surface area (Å²) in [5.74, 6) is -0.616. The SMILES string of the molecule is NS(=O)(=O)c1ccc(CNC(=O)c2cc3cc(F)ccc3s2)cc1. The van der Waals surface area contributed by atoms with Crippen LogP contribution in [0.25, 0.3) is 10.1 Å². The minimum Gasteiger partial charge on any atom is -0.347 e. The molecule has 24 heavy (non-hydrogen) atoms. The first-order valence-corrected chi connectivity index (χ1v) is 9.28. The van der Waals surface area contributed by atoms with Gasteiger partial charge in [-0.2, -0.15) is 0 Å². The Morgan fingerprint density at radius 3 is 2.50 bits per heavy atom. The van der Waals surface area contributed by atoms with E-state index >= 15 is 0 Å². The van der Waals surface area contributed by atoms with Gasteiger partial charge in [0.2, 0.25) is 10.0 Å². The van der Waals surface area contributed by atoms with E-state index in [0.717, 1.165) is 10.3 Å². The van der Waals surface area contributed by atoms with E-state index in [1.807, 2.05) is 0 Å². The van der Waals surface area contributed by atoms with Crippen LogP contribution in [0.2, 0.25) is 0 Å². The molecule has 3 N–H and O–H groups in total. The molecule has 0 fully saturated rings. The molecular weight excluding hydrogens is 351 g/mol. The van der Waals surface area contributed by atoms with Crippen LogP contribution in [-0.4, -0.2) is 14.3 Å². The molecule has 3 rings (SSSR count). The van der Waals surface area contributed by atoms with Gasteiger partial charge in [0.15, 0.2) is 0 Å². The van der Waals surface area contributed by atoms with Crippen molar-refractivity contribution < 1.29 is 17.6 Å². The molecule has 0 atom stereocenters. The number of hydrogen-bond donors (Lipinski definition) is 2. The van der Waals surface area contributed by atoms with Crippen molar-refractivity contribution >= 4 is 37.4 Å². The van der Waals surface area contributed by atoms with Gasteiger partial charge in [-0.1, -0.05) is 12.1 Å². The quantitative estimate of drug-likeness (QED) is 0.746.